The second-order valence-corrected chi connectivity index (χ2v) is 6.83. The molecule has 1 aromatic heterocycles. The summed E-state index contributed by atoms with van der Waals surface area (Å²) in [6.45, 7) is 6.93. The molecule has 0 fully saturated rings. The Morgan fingerprint density at radius 3 is 2.68 bits per heavy atom. The van der Waals surface area contributed by atoms with Gasteiger partial charge in [0, 0.05) is 25.7 Å². The van der Waals surface area contributed by atoms with E-state index in [4.69, 9.17) is 4.74 Å². The van der Waals surface area contributed by atoms with Crippen molar-refractivity contribution in [3.8, 4) is 5.75 Å². The molecule has 0 N–H and O–H groups in total. The first-order valence-electron chi connectivity index (χ1n) is 8.90. The van der Waals surface area contributed by atoms with Crippen molar-refractivity contribution in [2.24, 2.45) is 7.05 Å². The Morgan fingerprint density at radius 2 is 2.04 bits per heavy atom. The van der Waals surface area contributed by atoms with Gasteiger partial charge < -0.3 is 9.64 Å². The van der Waals surface area contributed by atoms with E-state index in [0.717, 1.165) is 48.6 Å². The van der Waals surface area contributed by atoms with E-state index in [1.165, 1.54) is 16.7 Å². The van der Waals surface area contributed by atoms with Crippen molar-refractivity contribution in [2.45, 2.75) is 46.5 Å². The molecule has 1 aliphatic rings. The Labute approximate surface area is 149 Å². The lowest BCUT2D eigenvalue weighted by Gasteiger charge is -2.32. The molecule has 2 heterocycles. The molecule has 0 atom stereocenters. The van der Waals surface area contributed by atoms with Gasteiger partial charge in [0.25, 0.3) is 0 Å². The van der Waals surface area contributed by atoms with Crippen LogP contribution in [0.25, 0.3) is 0 Å². The van der Waals surface area contributed by atoms with Crippen molar-refractivity contribution in [3.05, 3.63) is 40.2 Å². The van der Waals surface area contributed by atoms with Crippen molar-refractivity contribution in [1.29, 1.82) is 0 Å². The number of carbonyl (C=O) groups is 1. The number of fused-ring (bicyclic) bond motifs is 1. The molecule has 1 aromatic carbocycles. The van der Waals surface area contributed by atoms with Gasteiger partial charge in [0.15, 0.2) is 0 Å². The number of ether oxygens (including phenoxy) is 1. The lowest BCUT2D eigenvalue weighted by Crippen LogP contribution is -2.36. The zero-order valence-electron chi connectivity index (χ0n) is 15.8. The summed E-state index contributed by atoms with van der Waals surface area (Å²) in [6.07, 6.45) is 3.22. The second kappa shape index (κ2) is 6.90. The summed E-state index contributed by atoms with van der Waals surface area (Å²) in [6, 6.07) is 4.04. The lowest BCUT2D eigenvalue weighted by molar-refractivity contribution is -0.118. The van der Waals surface area contributed by atoms with Gasteiger partial charge in [-0.1, -0.05) is 6.07 Å². The van der Waals surface area contributed by atoms with Gasteiger partial charge in [0.05, 0.1) is 18.5 Å². The maximum atomic E-state index is 13.0. The Balaban J connectivity index is 1.84. The molecule has 0 bridgehead atoms. The lowest BCUT2D eigenvalue weighted by atomic mass is 9.95. The SMILES string of the molecule is COc1ccc(C)c2c1N(C(=O)CCc1c(C)nn(C)c1C)CCC2. The predicted octanol–water partition coefficient (Wildman–Crippen LogP) is 3.27. The normalized spacial score (nSPS) is 13.7. The van der Waals surface area contributed by atoms with E-state index in [1.54, 1.807) is 7.11 Å². The molecule has 0 saturated carbocycles. The first-order chi connectivity index (χ1) is 11.9. The van der Waals surface area contributed by atoms with Crippen LogP contribution in [0.1, 0.15) is 40.9 Å². The number of methoxy groups -OCH3 is 1. The Morgan fingerprint density at radius 1 is 1.28 bits per heavy atom. The maximum Gasteiger partial charge on any atom is 0.227 e. The summed E-state index contributed by atoms with van der Waals surface area (Å²) in [5, 5.41) is 4.45. The highest BCUT2D eigenvalue weighted by Gasteiger charge is 2.27. The van der Waals surface area contributed by atoms with Gasteiger partial charge in [-0.2, -0.15) is 5.10 Å². The number of hydrogen-bond donors (Lipinski definition) is 0. The third-order valence-electron chi connectivity index (χ3n) is 5.33. The summed E-state index contributed by atoms with van der Waals surface area (Å²) in [4.78, 5) is 14.9. The number of carbonyl (C=O) groups excluding carboxylic acids is 1. The van der Waals surface area contributed by atoms with Crippen LogP contribution in [-0.4, -0.2) is 29.3 Å². The van der Waals surface area contributed by atoms with Crippen LogP contribution in [0.4, 0.5) is 5.69 Å². The van der Waals surface area contributed by atoms with Crippen LogP contribution in [0.15, 0.2) is 12.1 Å². The van der Waals surface area contributed by atoms with Gasteiger partial charge in [0.2, 0.25) is 5.91 Å². The molecule has 1 amide bonds. The number of hydrogen-bond acceptors (Lipinski definition) is 3. The number of amides is 1. The standard InChI is InChI=1S/C20H27N3O2/c1-13-8-10-18(25-5)20-16(13)7-6-12-23(20)19(24)11-9-17-14(2)21-22(4)15(17)3/h8,10H,6-7,9,11-12H2,1-5H3. The second-order valence-electron chi connectivity index (χ2n) is 6.83. The number of benzene rings is 1. The molecule has 1 aliphatic heterocycles. The van der Waals surface area contributed by atoms with Crippen LogP contribution in [0.3, 0.4) is 0 Å². The third-order valence-corrected chi connectivity index (χ3v) is 5.33. The predicted molar refractivity (Wildman–Crippen MR) is 99.4 cm³/mol. The van der Waals surface area contributed by atoms with Gasteiger partial charge in [-0.25, -0.2) is 0 Å². The van der Waals surface area contributed by atoms with Crippen molar-refractivity contribution in [1.82, 2.24) is 9.78 Å². The smallest absolute Gasteiger partial charge is 0.227 e. The van der Waals surface area contributed by atoms with Crippen LogP contribution >= 0.6 is 0 Å². The van der Waals surface area contributed by atoms with Gasteiger partial charge in [-0.15, -0.1) is 0 Å². The average Bonchev–Trinajstić information content (AvgIpc) is 2.85. The van der Waals surface area contributed by atoms with Gasteiger partial charge in [0.1, 0.15) is 5.75 Å². The molecule has 0 saturated heterocycles. The number of anilines is 1. The van der Waals surface area contributed by atoms with Gasteiger partial charge in [-0.3, -0.25) is 9.48 Å². The molecule has 25 heavy (non-hydrogen) atoms. The fourth-order valence-corrected chi connectivity index (χ4v) is 3.81. The summed E-state index contributed by atoms with van der Waals surface area (Å²) < 4.78 is 7.43. The molecular weight excluding hydrogens is 314 g/mol. The third kappa shape index (κ3) is 3.15. The number of nitrogens with zero attached hydrogens (tertiary/aromatic N) is 3. The molecule has 3 rings (SSSR count). The van der Waals surface area contributed by atoms with Crippen LogP contribution in [-0.2, 0) is 24.7 Å². The largest absolute Gasteiger partial charge is 0.495 e. The van der Waals surface area contributed by atoms with E-state index in [-0.39, 0.29) is 5.91 Å². The molecule has 5 nitrogen and oxygen atoms in total. The molecule has 5 heteroatoms. The molecule has 0 unspecified atom stereocenters. The summed E-state index contributed by atoms with van der Waals surface area (Å²) in [7, 11) is 3.62. The first kappa shape index (κ1) is 17.5. The summed E-state index contributed by atoms with van der Waals surface area (Å²) in [5.74, 6) is 0.954. The number of aromatic nitrogens is 2. The Kier molecular flexibility index (Phi) is 4.84. The highest BCUT2D eigenvalue weighted by atomic mass is 16.5. The summed E-state index contributed by atoms with van der Waals surface area (Å²) in [5.41, 5.74) is 6.78. The molecule has 0 radical (unpaired) electrons. The zero-order valence-corrected chi connectivity index (χ0v) is 15.8. The Hall–Kier alpha value is -2.30. The first-order valence-corrected chi connectivity index (χ1v) is 8.90. The van der Waals surface area contributed by atoms with Crippen molar-refractivity contribution >= 4 is 11.6 Å². The minimum absolute atomic E-state index is 0.160. The summed E-state index contributed by atoms with van der Waals surface area (Å²) >= 11 is 0. The quantitative estimate of drug-likeness (QED) is 0.857. The Bertz CT molecular complexity index is 808. The fraction of sp³-hybridized carbons (Fsp3) is 0.500. The molecule has 0 spiro atoms. The van der Waals surface area contributed by atoms with Crippen LogP contribution in [0.2, 0.25) is 0 Å². The van der Waals surface area contributed by atoms with E-state index in [1.807, 2.05) is 29.6 Å². The molecule has 2 aromatic rings. The minimum atomic E-state index is 0.160. The van der Waals surface area contributed by atoms with Gasteiger partial charge >= 0.3 is 0 Å². The molecular formula is C20H27N3O2. The van der Waals surface area contributed by atoms with Crippen LogP contribution in [0, 0.1) is 20.8 Å². The van der Waals surface area contributed by atoms with Crippen LogP contribution < -0.4 is 9.64 Å². The van der Waals surface area contributed by atoms with E-state index < -0.39 is 0 Å². The minimum Gasteiger partial charge on any atom is -0.495 e. The van der Waals surface area contributed by atoms with Crippen molar-refractivity contribution in [3.63, 3.8) is 0 Å². The highest BCUT2D eigenvalue weighted by Crippen LogP contribution is 2.38. The maximum absolute atomic E-state index is 13.0. The van der Waals surface area contributed by atoms with E-state index in [0.29, 0.717) is 6.42 Å². The van der Waals surface area contributed by atoms with E-state index >= 15 is 0 Å². The fourth-order valence-electron chi connectivity index (χ4n) is 3.81. The van der Waals surface area contributed by atoms with E-state index in [2.05, 4.69) is 25.0 Å². The van der Waals surface area contributed by atoms with Crippen molar-refractivity contribution in [2.75, 3.05) is 18.6 Å². The van der Waals surface area contributed by atoms with Gasteiger partial charge in [-0.05, 0) is 62.8 Å². The molecule has 0 aliphatic carbocycles. The number of rotatable bonds is 4. The molecule has 134 valence electrons. The number of aryl methyl sites for hydroxylation is 3. The topological polar surface area (TPSA) is 47.4 Å². The van der Waals surface area contributed by atoms with E-state index in [9.17, 15) is 4.79 Å². The monoisotopic (exact) mass is 341 g/mol. The van der Waals surface area contributed by atoms with Crippen molar-refractivity contribution < 1.29 is 9.53 Å². The highest BCUT2D eigenvalue weighted by molar-refractivity contribution is 5.96. The average molecular weight is 341 g/mol. The zero-order chi connectivity index (χ0) is 18.1. The van der Waals surface area contributed by atoms with Crippen LogP contribution in [0.5, 0.6) is 5.75 Å².